The zero-order valence-corrected chi connectivity index (χ0v) is 14.0. The predicted molar refractivity (Wildman–Crippen MR) is 91.3 cm³/mol. The van der Waals surface area contributed by atoms with Crippen molar-refractivity contribution in [2.75, 3.05) is 26.2 Å². The summed E-state index contributed by atoms with van der Waals surface area (Å²) in [6, 6.07) is 8.38. The van der Waals surface area contributed by atoms with Crippen LogP contribution in [0.4, 0.5) is 4.79 Å². The van der Waals surface area contributed by atoms with E-state index in [1.807, 2.05) is 36.1 Å². The van der Waals surface area contributed by atoms with Crippen LogP contribution < -0.4 is 5.32 Å². The highest BCUT2D eigenvalue weighted by molar-refractivity contribution is 5.76. The summed E-state index contributed by atoms with van der Waals surface area (Å²) in [6.45, 7) is 9.37. The molecule has 1 atom stereocenters. The Bertz CT molecular complexity index is 647. The van der Waals surface area contributed by atoms with E-state index in [1.54, 1.807) is 0 Å². The number of aromatic nitrogens is 2. The number of nitrogens with one attached hydrogen (secondary N) is 2. The Balaban J connectivity index is 1.92. The molecule has 1 aromatic carbocycles. The van der Waals surface area contributed by atoms with Gasteiger partial charge >= 0.3 is 6.03 Å². The summed E-state index contributed by atoms with van der Waals surface area (Å²) >= 11 is 0. The molecule has 0 spiro atoms. The third-order valence-corrected chi connectivity index (χ3v) is 4.45. The highest BCUT2D eigenvalue weighted by Crippen LogP contribution is 2.26. The monoisotopic (exact) mass is 315 g/mol. The normalized spacial score (nSPS) is 19.5. The molecule has 0 saturated carbocycles. The Morgan fingerprint density at radius 1 is 1.39 bits per heavy atom. The fourth-order valence-corrected chi connectivity index (χ4v) is 3.13. The first-order valence-electron chi connectivity index (χ1n) is 8.33. The number of hydrogen-bond donors (Lipinski definition) is 2. The summed E-state index contributed by atoms with van der Waals surface area (Å²) in [5, 5.41) is 2.92. The van der Waals surface area contributed by atoms with Crippen molar-refractivity contribution in [3.05, 3.63) is 30.1 Å². The minimum Gasteiger partial charge on any atom is -0.340 e. The van der Waals surface area contributed by atoms with E-state index in [-0.39, 0.29) is 12.1 Å². The third-order valence-electron chi connectivity index (χ3n) is 4.45. The van der Waals surface area contributed by atoms with Crippen LogP contribution >= 0.6 is 0 Å². The van der Waals surface area contributed by atoms with E-state index in [2.05, 4.69) is 29.0 Å². The van der Waals surface area contributed by atoms with Gasteiger partial charge in [-0.05, 0) is 32.9 Å². The first-order valence-corrected chi connectivity index (χ1v) is 8.33. The standard InChI is InChI=1S/C17H25N5O/c1-4-18-17(23)22-10-9-21(12(2)3)11-15(22)16-19-13-7-5-6-8-14(13)20-16/h5-8,12,15H,4,9-11H2,1-3H3,(H,18,23)(H,19,20). The van der Waals surface area contributed by atoms with Crippen LogP contribution in [0.15, 0.2) is 24.3 Å². The van der Waals surface area contributed by atoms with E-state index in [0.29, 0.717) is 19.1 Å². The molecule has 23 heavy (non-hydrogen) atoms. The smallest absolute Gasteiger partial charge is 0.318 e. The summed E-state index contributed by atoms with van der Waals surface area (Å²) < 4.78 is 0. The number of rotatable bonds is 3. The van der Waals surface area contributed by atoms with Crippen LogP contribution in [-0.4, -0.2) is 58.0 Å². The van der Waals surface area contributed by atoms with Crippen molar-refractivity contribution < 1.29 is 4.79 Å². The van der Waals surface area contributed by atoms with Gasteiger partial charge < -0.3 is 15.2 Å². The summed E-state index contributed by atoms with van der Waals surface area (Å²) in [6.07, 6.45) is 0. The van der Waals surface area contributed by atoms with Gasteiger partial charge in [0.25, 0.3) is 0 Å². The number of amides is 2. The average molecular weight is 315 g/mol. The molecule has 2 amide bonds. The largest absolute Gasteiger partial charge is 0.340 e. The highest BCUT2D eigenvalue weighted by Gasteiger charge is 2.34. The molecule has 1 saturated heterocycles. The van der Waals surface area contributed by atoms with Gasteiger partial charge in [0.05, 0.1) is 11.0 Å². The molecule has 124 valence electrons. The van der Waals surface area contributed by atoms with Gasteiger partial charge in [-0.25, -0.2) is 9.78 Å². The number of piperazine rings is 1. The number of imidazole rings is 1. The molecule has 1 fully saturated rings. The zero-order valence-electron chi connectivity index (χ0n) is 14.0. The minimum atomic E-state index is -0.0508. The second-order valence-corrected chi connectivity index (χ2v) is 6.27. The molecule has 2 aromatic rings. The van der Waals surface area contributed by atoms with Crippen LogP contribution in [0.25, 0.3) is 11.0 Å². The number of H-pyrrole nitrogens is 1. The van der Waals surface area contributed by atoms with Gasteiger partial charge in [-0.1, -0.05) is 12.1 Å². The molecule has 2 N–H and O–H groups in total. The average Bonchev–Trinajstić information content (AvgIpc) is 2.98. The topological polar surface area (TPSA) is 64.3 Å². The van der Waals surface area contributed by atoms with Gasteiger partial charge in [0, 0.05) is 32.2 Å². The molecular weight excluding hydrogens is 290 g/mol. The number of para-hydroxylation sites is 2. The summed E-state index contributed by atoms with van der Waals surface area (Å²) in [5.41, 5.74) is 1.96. The summed E-state index contributed by atoms with van der Waals surface area (Å²) in [4.78, 5) is 24.8. The van der Waals surface area contributed by atoms with Crippen LogP contribution in [0.5, 0.6) is 0 Å². The van der Waals surface area contributed by atoms with Crippen molar-refractivity contribution in [3.63, 3.8) is 0 Å². The molecule has 6 heteroatoms. The van der Waals surface area contributed by atoms with E-state index in [1.165, 1.54) is 0 Å². The molecule has 3 rings (SSSR count). The van der Waals surface area contributed by atoms with E-state index >= 15 is 0 Å². The first kappa shape index (κ1) is 15.8. The Morgan fingerprint density at radius 3 is 2.87 bits per heavy atom. The van der Waals surface area contributed by atoms with Crippen LogP contribution in [0.1, 0.15) is 32.6 Å². The number of aromatic amines is 1. The maximum absolute atomic E-state index is 12.4. The number of hydrogen-bond acceptors (Lipinski definition) is 3. The van der Waals surface area contributed by atoms with E-state index < -0.39 is 0 Å². The number of fused-ring (bicyclic) bond motifs is 1. The second kappa shape index (κ2) is 6.58. The molecule has 1 aromatic heterocycles. The third kappa shape index (κ3) is 3.17. The molecule has 0 bridgehead atoms. The molecule has 0 radical (unpaired) electrons. The van der Waals surface area contributed by atoms with Crippen molar-refractivity contribution in [3.8, 4) is 0 Å². The van der Waals surface area contributed by atoms with Gasteiger partial charge in [-0.2, -0.15) is 0 Å². The fraction of sp³-hybridized carbons (Fsp3) is 0.529. The predicted octanol–water partition coefficient (Wildman–Crippen LogP) is 2.36. The molecule has 0 aliphatic carbocycles. The number of urea groups is 1. The summed E-state index contributed by atoms with van der Waals surface area (Å²) in [5.74, 6) is 0.864. The lowest BCUT2D eigenvalue weighted by Crippen LogP contribution is -2.55. The van der Waals surface area contributed by atoms with Crippen molar-refractivity contribution in [2.24, 2.45) is 0 Å². The quantitative estimate of drug-likeness (QED) is 0.914. The fourth-order valence-electron chi connectivity index (χ4n) is 3.13. The lowest BCUT2D eigenvalue weighted by Gasteiger charge is -2.42. The lowest BCUT2D eigenvalue weighted by atomic mass is 10.1. The van der Waals surface area contributed by atoms with Crippen molar-refractivity contribution >= 4 is 17.1 Å². The van der Waals surface area contributed by atoms with E-state index in [4.69, 9.17) is 4.98 Å². The number of nitrogens with zero attached hydrogens (tertiary/aromatic N) is 3. The lowest BCUT2D eigenvalue weighted by molar-refractivity contribution is 0.0730. The van der Waals surface area contributed by atoms with E-state index in [9.17, 15) is 4.79 Å². The Labute approximate surface area is 136 Å². The number of carbonyl (C=O) groups excluding carboxylic acids is 1. The first-order chi connectivity index (χ1) is 11.1. The second-order valence-electron chi connectivity index (χ2n) is 6.27. The van der Waals surface area contributed by atoms with Gasteiger partial charge in [-0.3, -0.25) is 4.90 Å². The molecule has 1 aliphatic heterocycles. The Hall–Kier alpha value is -2.08. The molecule has 2 heterocycles. The van der Waals surface area contributed by atoms with Crippen LogP contribution in [-0.2, 0) is 0 Å². The van der Waals surface area contributed by atoms with Gasteiger partial charge in [0.1, 0.15) is 11.9 Å². The van der Waals surface area contributed by atoms with Crippen LogP contribution in [0.2, 0.25) is 0 Å². The Morgan fingerprint density at radius 2 is 2.17 bits per heavy atom. The maximum atomic E-state index is 12.4. The Kier molecular flexibility index (Phi) is 4.52. The number of carbonyl (C=O) groups is 1. The minimum absolute atomic E-state index is 0.0126. The van der Waals surface area contributed by atoms with Crippen LogP contribution in [0.3, 0.4) is 0 Å². The van der Waals surface area contributed by atoms with Crippen molar-refractivity contribution in [1.82, 2.24) is 25.1 Å². The maximum Gasteiger partial charge on any atom is 0.318 e. The van der Waals surface area contributed by atoms with Gasteiger partial charge in [0.2, 0.25) is 0 Å². The molecular formula is C17H25N5O. The van der Waals surface area contributed by atoms with Crippen LogP contribution in [0, 0.1) is 0 Å². The van der Waals surface area contributed by atoms with E-state index in [0.717, 1.165) is 29.9 Å². The molecule has 1 aliphatic rings. The van der Waals surface area contributed by atoms with Gasteiger partial charge in [-0.15, -0.1) is 0 Å². The molecule has 1 unspecified atom stereocenters. The summed E-state index contributed by atoms with van der Waals surface area (Å²) in [7, 11) is 0. The molecule has 6 nitrogen and oxygen atoms in total. The van der Waals surface area contributed by atoms with Gasteiger partial charge in [0.15, 0.2) is 0 Å². The SMILES string of the molecule is CCNC(=O)N1CCN(C(C)C)CC1c1nc2ccccc2[nH]1. The van der Waals surface area contributed by atoms with Crippen molar-refractivity contribution in [2.45, 2.75) is 32.9 Å². The highest BCUT2D eigenvalue weighted by atomic mass is 16.2. The van der Waals surface area contributed by atoms with Crippen molar-refractivity contribution in [1.29, 1.82) is 0 Å². The number of benzene rings is 1. The zero-order chi connectivity index (χ0) is 16.4.